The van der Waals surface area contributed by atoms with Gasteiger partial charge in [0.25, 0.3) is 0 Å². The Labute approximate surface area is 804 Å². The molecule has 0 unspecified atom stereocenters. The molecule has 0 aliphatic heterocycles. The number of halogens is 14. The number of amides is 2. The summed E-state index contributed by atoms with van der Waals surface area (Å²) in [7, 11) is 0. The van der Waals surface area contributed by atoms with Crippen LogP contribution in [-0.2, 0) is 124 Å². The van der Waals surface area contributed by atoms with Crippen molar-refractivity contribution in [1.82, 2.24) is 10.6 Å². The second kappa shape index (κ2) is 66.0. The summed E-state index contributed by atoms with van der Waals surface area (Å²) in [5.74, 6) is -12.3. The summed E-state index contributed by atoms with van der Waals surface area (Å²) < 4.78 is 162. The number of carboxylic acid groups (broad SMARTS) is 3. The molecule has 0 saturated carbocycles. The van der Waals surface area contributed by atoms with E-state index in [-0.39, 0.29) is 147 Å². The maximum absolute atomic E-state index is 12.8. The van der Waals surface area contributed by atoms with E-state index in [9.17, 15) is 92.3 Å². The van der Waals surface area contributed by atoms with Crippen molar-refractivity contribution in [1.29, 1.82) is 10.8 Å². The predicted octanol–water partition coefficient (Wildman–Crippen LogP) is 12.3. The first-order valence-electron chi connectivity index (χ1n) is 41.0. The highest BCUT2D eigenvalue weighted by atomic mass is 79.9. The Bertz CT molecular complexity index is 3340. The van der Waals surface area contributed by atoms with Crippen LogP contribution in [0, 0.1) is 27.1 Å². The van der Waals surface area contributed by atoms with Gasteiger partial charge in [0.1, 0.15) is 91.9 Å². The summed E-state index contributed by atoms with van der Waals surface area (Å²) >= 11 is 16.3. The molecule has 770 valence electrons. The molecule has 0 heterocycles. The number of nitrogens with one attached hydrogen (secondary N) is 4. The van der Waals surface area contributed by atoms with Crippen molar-refractivity contribution in [3.05, 3.63) is 0 Å². The second-order valence-electron chi connectivity index (χ2n) is 34.1. The van der Waals surface area contributed by atoms with Crippen molar-refractivity contribution >= 4 is 174 Å². The van der Waals surface area contributed by atoms with E-state index >= 15 is 0 Å². The van der Waals surface area contributed by atoms with Gasteiger partial charge in [-0.1, -0.05) is 105 Å². The van der Waals surface area contributed by atoms with Crippen LogP contribution in [0.2, 0.25) is 0 Å². The summed E-state index contributed by atoms with van der Waals surface area (Å²) in [5.41, 5.74) is 12.5. The smallest absolute Gasteiger partial charge is 0.475 e. The molecule has 2 amide bonds. The molecule has 0 fully saturated rings. The highest BCUT2D eigenvalue weighted by molar-refractivity contribution is 9.11. The third kappa shape index (κ3) is 75.6. The lowest BCUT2D eigenvalue weighted by atomic mass is 9.91. The van der Waals surface area contributed by atoms with Gasteiger partial charge in [0.2, 0.25) is 5.91 Å². The number of aliphatic carboxylic acids is 3. The Morgan fingerprint density at radius 3 is 0.894 bits per heavy atom. The molecule has 0 aromatic rings. The van der Waals surface area contributed by atoms with E-state index in [2.05, 4.69) is 90.3 Å². The van der Waals surface area contributed by atoms with Gasteiger partial charge in [-0.3, -0.25) is 58.8 Å². The molecular formula is C81H133Br5F9N7O30. The van der Waals surface area contributed by atoms with Crippen molar-refractivity contribution in [3.63, 3.8) is 0 Å². The van der Waals surface area contributed by atoms with Crippen LogP contribution >= 0.6 is 79.6 Å². The Balaban J connectivity index is -0.000000667. The minimum atomic E-state index is -5.08. The number of alkyl halides is 14. The van der Waals surface area contributed by atoms with Gasteiger partial charge in [0, 0.05) is 58.5 Å². The van der Waals surface area contributed by atoms with Crippen molar-refractivity contribution in [3.8, 4) is 0 Å². The fourth-order valence-electron chi connectivity index (χ4n) is 8.66. The molecule has 0 aromatic carbocycles. The number of amidine groups is 2. The number of alkyl carbamates (subject to hydrolysis) is 1. The monoisotopic (exact) mass is 2250 g/mol. The van der Waals surface area contributed by atoms with Gasteiger partial charge in [-0.2, -0.15) is 39.5 Å². The van der Waals surface area contributed by atoms with Crippen LogP contribution < -0.4 is 27.8 Å². The Kier molecular flexibility index (Phi) is 67.0. The standard InChI is InChI=1S/C39H67Br3N4O13.C36H63Br2N3O11.3C2HF3O2/c1-35(2,3)59-34(52)46-28(15-11-10-12-16-29(43)44)30(48)45-17-19-54-21-20-53-18-13-14-27(47)22-55-23-39(24-56-31(49)36(4,5)40,25-57-32(50)37(6,7)41)26-58-33(51)38(8,9)42;1-33(2,3)30(44)50-23-36(24-51-31(45)34(4,5)37,25-52-32(46)35(6,7)38)22-49-21-26(42)13-11-17-47-19-20-48-18-12-15-28(43)27(39)14-9-8-10-16-29(40)41;3*3-2(4,5)1(6)7/h28H,10-26H2,1-9H3,(H3,43,44)(H,45,48)(H,46,52);27H,8-25,39H2,1-7H3,(H3,40,41);3*(H,6,7)/t28-;27-;;;/m00.../s1. The van der Waals surface area contributed by atoms with Gasteiger partial charge in [-0.25, -0.2) is 19.2 Å². The zero-order chi connectivity index (χ0) is 104. The van der Waals surface area contributed by atoms with E-state index in [1.807, 2.05) is 0 Å². The lowest BCUT2D eigenvalue weighted by molar-refractivity contribution is -0.193. The maximum atomic E-state index is 12.8. The second-order valence-corrected chi connectivity index (χ2v) is 44.0. The molecule has 0 rings (SSSR count). The molecule has 0 radical (unpaired) electrons. The van der Waals surface area contributed by atoms with Gasteiger partial charge in [0.15, 0.2) is 11.6 Å². The first-order valence-corrected chi connectivity index (χ1v) is 45.0. The molecule has 0 saturated heterocycles. The van der Waals surface area contributed by atoms with Crippen LogP contribution in [0.1, 0.15) is 214 Å². The molecule has 0 spiro atoms. The number of esters is 6. The Morgan fingerprint density at radius 2 is 0.629 bits per heavy atom. The first kappa shape index (κ1) is 134. The Morgan fingerprint density at radius 1 is 0.356 bits per heavy atom. The number of ketones is 3. The first-order chi connectivity index (χ1) is 59.9. The van der Waals surface area contributed by atoms with E-state index in [1.54, 1.807) is 111 Å². The fraction of sp³-hybridized carbons (Fsp3) is 0.802. The quantitative estimate of drug-likeness (QED) is 0.00514. The number of carbonyl (C=O) groups excluding carboxylic acids is 11. The lowest BCUT2D eigenvalue weighted by Gasteiger charge is -2.34. The number of hydrogen-bond acceptors (Lipinski definition) is 30. The molecule has 13 N–H and O–H groups in total. The predicted molar refractivity (Wildman–Crippen MR) is 478 cm³/mol. The number of Topliss-reactive ketones (excluding diaryl/α,β-unsaturated/α-hetero) is 3. The SMILES string of the molecule is CC(C)(C)C(=O)OCC(COCC(=O)CCCOCCOCCCC(=O)[C@@H](N)CCCCCC(=N)N)(COC(=O)C(C)(C)Br)COC(=O)C(C)(C)Br.CC(C)(C)OC(=O)N[C@@H](CCCCCC(=N)N)C(=O)NCCOCCOCCCC(=O)COCC(COC(=O)C(C)(C)Br)(COC(=O)C(C)(C)Br)COC(=O)C(C)(C)Br.O=C(O)C(F)(F)F.O=C(O)C(F)(F)F.O=C(O)C(F)(F)F. The topological polar surface area (TPSA) is 569 Å². The normalized spacial score (nSPS) is 12.7. The number of unbranched alkanes of at least 4 members (excludes halogenated alkanes) is 4. The molecule has 37 nitrogen and oxygen atoms in total. The van der Waals surface area contributed by atoms with Gasteiger partial charge in [-0.15, -0.1) is 0 Å². The Hall–Kier alpha value is -6.59. The molecule has 0 aliphatic rings. The van der Waals surface area contributed by atoms with Crippen molar-refractivity contribution in [2.24, 2.45) is 33.4 Å². The number of ether oxygens (including phenoxy) is 13. The van der Waals surface area contributed by atoms with Crippen molar-refractivity contribution < 1.29 is 184 Å². The van der Waals surface area contributed by atoms with Crippen molar-refractivity contribution in [2.75, 3.05) is 125 Å². The van der Waals surface area contributed by atoms with Crippen LogP contribution in [0.4, 0.5) is 44.3 Å². The molecule has 0 bridgehead atoms. The number of carbonyl (C=O) groups is 14. The number of hydrogen-bond donors (Lipinski definition) is 10. The minimum Gasteiger partial charge on any atom is -0.475 e. The van der Waals surface area contributed by atoms with E-state index < -0.39 is 134 Å². The highest BCUT2D eigenvalue weighted by Gasteiger charge is 2.45. The summed E-state index contributed by atoms with van der Waals surface area (Å²) in [4.78, 5) is 165. The molecule has 0 aliphatic carbocycles. The average Bonchev–Trinajstić information content (AvgIpc) is 0.835. The molecule has 51 heteroatoms. The average molecular weight is 2260 g/mol. The number of nitrogens with two attached hydrogens (primary N) is 3. The number of rotatable bonds is 61. The molecule has 2 atom stereocenters. The summed E-state index contributed by atoms with van der Waals surface area (Å²) in [6.45, 7) is 25.9. The third-order valence-electron chi connectivity index (χ3n) is 16.0. The minimum absolute atomic E-state index is 0.0130. The fourth-order valence-corrected chi connectivity index (χ4v) is 9.23. The van der Waals surface area contributed by atoms with Gasteiger partial charge >= 0.3 is 78.3 Å². The van der Waals surface area contributed by atoms with E-state index in [1.165, 1.54) is 0 Å². The van der Waals surface area contributed by atoms with Crippen LogP contribution in [0.25, 0.3) is 0 Å². The highest BCUT2D eigenvalue weighted by Crippen LogP contribution is 2.31. The van der Waals surface area contributed by atoms with Crippen LogP contribution in [-0.4, -0.2) is 293 Å². The summed E-state index contributed by atoms with van der Waals surface area (Å²) in [5, 5.41) is 41.3. The zero-order valence-electron chi connectivity index (χ0n) is 77.3. The largest absolute Gasteiger partial charge is 0.490 e. The summed E-state index contributed by atoms with van der Waals surface area (Å²) in [6, 6.07) is -1.28. The van der Waals surface area contributed by atoms with E-state index in [0.29, 0.717) is 90.6 Å². The van der Waals surface area contributed by atoms with Gasteiger partial charge < -0.3 is 105 Å². The van der Waals surface area contributed by atoms with E-state index in [0.717, 1.165) is 25.7 Å². The van der Waals surface area contributed by atoms with Gasteiger partial charge in [-0.05, 0) is 156 Å². The van der Waals surface area contributed by atoms with Gasteiger partial charge in [0.05, 0.1) is 80.2 Å². The lowest BCUT2D eigenvalue weighted by Crippen LogP contribution is -2.48. The summed E-state index contributed by atoms with van der Waals surface area (Å²) in [6.07, 6.45) is -7.14. The maximum Gasteiger partial charge on any atom is 0.490 e. The van der Waals surface area contributed by atoms with Crippen LogP contribution in [0.3, 0.4) is 0 Å². The van der Waals surface area contributed by atoms with Crippen molar-refractivity contribution in [2.45, 2.75) is 271 Å². The van der Waals surface area contributed by atoms with E-state index in [4.69, 9.17) is 119 Å². The van der Waals surface area contributed by atoms with Crippen LogP contribution in [0.15, 0.2) is 0 Å². The molecule has 132 heavy (non-hydrogen) atoms. The number of carboxylic acids is 3. The van der Waals surface area contributed by atoms with Crippen LogP contribution in [0.5, 0.6) is 0 Å². The molecular weight excluding hydrogens is 2120 g/mol. The third-order valence-corrected chi connectivity index (χ3v) is 17.6. The zero-order valence-corrected chi connectivity index (χ0v) is 85.2. The molecule has 0 aromatic heterocycles.